The van der Waals surface area contributed by atoms with Gasteiger partial charge in [0.15, 0.2) is 16.7 Å². The largest absolute Gasteiger partial charge is 0.461 e. The molecule has 0 aliphatic rings. The maximum absolute atomic E-state index is 11.4. The van der Waals surface area contributed by atoms with E-state index >= 15 is 0 Å². The third-order valence-corrected chi connectivity index (χ3v) is 4.27. The van der Waals surface area contributed by atoms with Crippen LogP contribution in [0.1, 0.15) is 30.8 Å². The number of carbonyl (C=O) groups excluding carboxylic acids is 1. The van der Waals surface area contributed by atoms with E-state index in [1.165, 1.54) is 18.0 Å². The molecule has 0 aliphatic carbocycles. The number of hydrogen-bond acceptors (Lipinski definition) is 8. The second kappa shape index (κ2) is 6.87. The van der Waals surface area contributed by atoms with Gasteiger partial charge in [0.1, 0.15) is 6.54 Å². The summed E-state index contributed by atoms with van der Waals surface area (Å²) in [6, 6.07) is 3.48. The van der Waals surface area contributed by atoms with Crippen molar-refractivity contribution >= 4 is 17.7 Å². The van der Waals surface area contributed by atoms with Gasteiger partial charge in [-0.3, -0.25) is 9.36 Å². The van der Waals surface area contributed by atoms with Crippen LogP contribution in [0.3, 0.4) is 0 Å². The zero-order valence-corrected chi connectivity index (χ0v) is 14.0. The van der Waals surface area contributed by atoms with Crippen molar-refractivity contribution in [3.8, 4) is 11.6 Å². The predicted octanol–water partition coefficient (Wildman–Crippen LogP) is 1.82. The first-order valence-electron chi connectivity index (χ1n) is 7.33. The number of primary amides is 1. The molecule has 2 N–H and O–H groups in total. The quantitative estimate of drug-likeness (QED) is 0.641. The van der Waals surface area contributed by atoms with Gasteiger partial charge in [0.25, 0.3) is 0 Å². The van der Waals surface area contributed by atoms with Gasteiger partial charge in [-0.2, -0.15) is 4.98 Å². The van der Waals surface area contributed by atoms with Crippen LogP contribution in [-0.4, -0.2) is 30.8 Å². The van der Waals surface area contributed by atoms with Crippen LogP contribution >= 0.6 is 11.8 Å². The van der Waals surface area contributed by atoms with Gasteiger partial charge in [-0.15, -0.1) is 10.2 Å². The van der Waals surface area contributed by atoms with Gasteiger partial charge in [-0.1, -0.05) is 23.8 Å². The average molecular weight is 348 g/mol. The molecule has 3 heterocycles. The Bertz CT molecular complexity index is 826. The van der Waals surface area contributed by atoms with E-state index in [1.54, 1.807) is 16.7 Å². The highest BCUT2D eigenvalue weighted by molar-refractivity contribution is 7.99. The van der Waals surface area contributed by atoms with E-state index in [4.69, 9.17) is 14.7 Å². The highest BCUT2D eigenvalue weighted by atomic mass is 32.2. The van der Waals surface area contributed by atoms with Crippen molar-refractivity contribution in [1.29, 1.82) is 0 Å². The molecule has 0 radical (unpaired) electrons. The molecule has 0 saturated carbocycles. The van der Waals surface area contributed by atoms with Gasteiger partial charge < -0.3 is 14.7 Å². The topological polar surface area (TPSA) is 126 Å². The molecule has 10 heteroatoms. The van der Waals surface area contributed by atoms with E-state index in [9.17, 15) is 4.79 Å². The molecule has 0 aliphatic heterocycles. The van der Waals surface area contributed by atoms with Crippen LogP contribution in [0.15, 0.2) is 32.5 Å². The summed E-state index contributed by atoms with van der Waals surface area (Å²) in [4.78, 5) is 15.7. The highest BCUT2D eigenvalue weighted by Crippen LogP contribution is 2.34. The summed E-state index contributed by atoms with van der Waals surface area (Å²) in [6.07, 6.45) is 2.22. The number of amides is 1. The summed E-state index contributed by atoms with van der Waals surface area (Å²) in [7, 11) is 0. The Labute approximate surface area is 141 Å². The molecule has 9 nitrogen and oxygen atoms in total. The molecular weight excluding hydrogens is 332 g/mol. The number of hydrogen-bond donors (Lipinski definition) is 1. The molecule has 0 spiro atoms. The van der Waals surface area contributed by atoms with Crippen molar-refractivity contribution in [1.82, 2.24) is 24.9 Å². The smallest absolute Gasteiger partial charge is 0.239 e. The van der Waals surface area contributed by atoms with E-state index in [1.807, 2.05) is 13.8 Å². The predicted molar refractivity (Wildman–Crippen MR) is 84.9 cm³/mol. The monoisotopic (exact) mass is 348 g/mol. The van der Waals surface area contributed by atoms with Gasteiger partial charge in [0.2, 0.25) is 17.6 Å². The fraction of sp³-hybridized carbons (Fsp3) is 0.357. The summed E-state index contributed by atoms with van der Waals surface area (Å²) in [6.45, 7) is 3.81. The number of furan rings is 1. The number of rotatable bonds is 7. The average Bonchev–Trinajstić information content (AvgIpc) is 3.27. The first-order valence-corrected chi connectivity index (χ1v) is 8.21. The molecule has 1 atom stereocenters. The summed E-state index contributed by atoms with van der Waals surface area (Å²) in [5.41, 5.74) is 5.34. The van der Waals surface area contributed by atoms with Crippen molar-refractivity contribution in [3.63, 3.8) is 0 Å². The molecule has 1 amide bonds. The zero-order chi connectivity index (χ0) is 17.1. The second-order valence-electron chi connectivity index (χ2n) is 5.00. The fourth-order valence-electron chi connectivity index (χ4n) is 2.05. The Morgan fingerprint density at radius 1 is 1.46 bits per heavy atom. The maximum atomic E-state index is 11.4. The van der Waals surface area contributed by atoms with E-state index in [2.05, 4.69) is 20.3 Å². The number of carbonyl (C=O) groups is 1. The van der Waals surface area contributed by atoms with Crippen molar-refractivity contribution in [2.75, 3.05) is 0 Å². The number of aromatic nitrogens is 5. The molecule has 0 aromatic carbocycles. The lowest BCUT2D eigenvalue weighted by Gasteiger charge is -2.08. The molecule has 3 aromatic heterocycles. The van der Waals surface area contributed by atoms with Crippen molar-refractivity contribution in [2.45, 2.75) is 37.2 Å². The van der Waals surface area contributed by atoms with E-state index in [-0.39, 0.29) is 11.8 Å². The maximum Gasteiger partial charge on any atom is 0.239 e. The van der Waals surface area contributed by atoms with Crippen molar-refractivity contribution in [3.05, 3.63) is 30.1 Å². The lowest BCUT2D eigenvalue weighted by Crippen LogP contribution is -2.20. The number of nitrogens with two attached hydrogens (primary N) is 1. The first-order chi connectivity index (χ1) is 11.6. The SMILES string of the molecule is CCc1noc([C@H](C)Sc2nnc(-c3ccco3)n2CC(N)=O)n1. The number of nitrogens with zero attached hydrogens (tertiary/aromatic N) is 5. The third kappa shape index (κ3) is 3.32. The minimum Gasteiger partial charge on any atom is -0.461 e. The molecule has 0 unspecified atom stereocenters. The third-order valence-electron chi connectivity index (χ3n) is 3.20. The van der Waals surface area contributed by atoms with Crippen LogP contribution in [0.25, 0.3) is 11.6 Å². The Hall–Kier alpha value is -2.62. The van der Waals surface area contributed by atoms with Crippen LogP contribution in [0.5, 0.6) is 0 Å². The normalized spacial score (nSPS) is 12.4. The molecule has 24 heavy (non-hydrogen) atoms. The molecule has 3 aromatic rings. The minimum atomic E-state index is -0.497. The van der Waals surface area contributed by atoms with Crippen LogP contribution in [0.2, 0.25) is 0 Å². The van der Waals surface area contributed by atoms with Gasteiger partial charge in [0.05, 0.1) is 11.5 Å². The summed E-state index contributed by atoms with van der Waals surface area (Å²) >= 11 is 1.35. The Morgan fingerprint density at radius 2 is 2.29 bits per heavy atom. The van der Waals surface area contributed by atoms with Gasteiger partial charge in [-0.05, 0) is 19.1 Å². The Kier molecular flexibility index (Phi) is 4.65. The molecule has 126 valence electrons. The van der Waals surface area contributed by atoms with Gasteiger partial charge >= 0.3 is 0 Å². The first kappa shape index (κ1) is 16.2. The Morgan fingerprint density at radius 3 is 2.92 bits per heavy atom. The summed E-state index contributed by atoms with van der Waals surface area (Å²) in [5.74, 6) is 1.59. The molecule has 0 fully saturated rings. The van der Waals surface area contributed by atoms with E-state index in [0.29, 0.717) is 34.9 Å². The molecule has 0 saturated heterocycles. The fourth-order valence-corrected chi connectivity index (χ4v) is 2.93. The summed E-state index contributed by atoms with van der Waals surface area (Å²) in [5, 5.41) is 12.5. The zero-order valence-electron chi connectivity index (χ0n) is 13.2. The van der Waals surface area contributed by atoms with E-state index in [0.717, 1.165) is 0 Å². The molecular formula is C14H16N6O3S. The van der Waals surface area contributed by atoms with Gasteiger partial charge in [-0.25, -0.2) is 0 Å². The Balaban J connectivity index is 1.88. The van der Waals surface area contributed by atoms with Crippen molar-refractivity contribution in [2.24, 2.45) is 5.73 Å². The van der Waals surface area contributed by atoms with E-state index < -0.39 is 5.91 Å². The molecule has 0 bridgehead atoms. The highest BCUT2D eigenvalue weighted by Gasteiger charge is 2.22. The second-order valence-corrected chi connectivity index (χ2v) is 6.31. The van der Waals surface area contributed by atoms with Crippen LogP contribution in [0, 0.1) is 0 Å². The lowest BCUT2D eigenvalue weighted by atomic mass is 10.4. The van der Waals surface area contributed by atoms with Crippen LogP contribution in [0.4, 0.5) is 0 Å². The van der Waals surface area contributed by atoms with Gasteiger partial charge in [0, 0.05) is 6.42 Å². The number of aryl methyl sites for hydroxylation is 1. The summed E-state index contributed by atoms with van der Waals surface area (Å²) < 4.78 is 12.2. The van der Waals surface area contributed by atoms with Crippen molar-refractivity contribution < 1.29 is 13.7 Å². The van der Waals surface area contributed by atoms with Crippen LogP contribution in [-0.2, 0) is 17.8 Å². The lowest BCUT2D eigenvalue weighted by molar-refractivity contribution is -0.118. The number of thioether (sulfide) groups is 1. The van der Waals surface area contributed by atoms with Crippen LogP contribution < -0.4 is 5.73 Å². The minimum absolute atomic E-state index is 0.0534. The molecule has 3 rings (SSSR count). The standard InChI is InChI=1S/C14H16N6O3S/c1-3-11-16-13(23-19-11)8(2)24-14-18-17-12(9-5-4-6-22-9)20(14)7-10(15)21/h4-6,8H,3,7H2,1-2H3,(H2,15,21)/t8-/m0/s1.